The van der Waals surface area contributed by atoms with Crippen LogP contribution in [-0.4, -0.2) is 0 Å². The Morgan fingerprint density at radius 1 is 0.909 bits per heavy atom. The summed E-state index contributed by atoms with van der Waals surface area (Å²) in [5.74, 6) is 0.631. The van der Waals surface area contributed by atoms with Crippen molar-refractivity contribution in [3.05, 3.63) is 64.2 Å². The standard InChI is InChI=1S/C22H26/c1-5-16-9-7-8-10-20(16)22-17(6-2)11-12-18-13-19(15(3)4)14-21(18)22/h7-12,14-15H,5-6,13H2,1-4H3. The Morgan fingerprint density at radius 3 is 2.32 bits per heavy atom. The molecule has 1 aliphatic rings. The molecule has 0 amide bonds. The molecule has 0 aromatic heterocycles. The fourth-order valence-corrected chi connectivity index (χ4v) is 3.54. The Morgan fingerprint density at radius 2 is 1.64 bits per heavy atom. The SMILES string of the molecule is CCc1ccccc1-c1c(CC)ccc2c1C=C(C(C)C)C2. The topological polar surface area (TPSA) is 0 Å². The van der Waals surface area contributed by atoms with Crippen LogP contribution >= 0.6 is 0 Å². The summed E-state index contributed by atoms with van der Waals surface area (Å²) in [5.41, 5.74) is 10.4. The molecule has 0 N–H and O–H groups in total. The Labute approximate surface area is 134 Å². The van der Waals surface area contributed by atoms with Crippen molar-refractivity contribution in [3.63, 3.8) is 0 Å². The summed E-state index contributed by atoms with van der Waals surface area (Å²) in [6, 6.07) is 13.6. The Hall–Kier alpha value is -1.82. The molecule has 0 saturated heterocycles. The van der Waals surface area contributed by atoms with E-state index < -0.39 is 0 Å². The van der Waals surface area contributed by atoms with Gasteiger partial charge in [0.1, 0.15) is 0 Å². The zero-order valence-corrected chi connectivity index (χ0v) is 14.2. The van der Waals surface area contributed by atoms with Crippen molar-refractivity contribution in [1.29, 1.82) is 0 Å². The van der Waals surface area contributed by atoms with Gasteiger partial charge >= 0.3 is 0 Å². The molecule has 0 bridgehead atoms. The first-order valence-corrected chi connectivity index (χ1v) is 8.59. The van der Waals surface area contributed by atoms with Crippen LogP contribution in [0.5, 0.6) is 0 Å². The first kappa shape index (κ1) is 15.1. The minimum absolute atomic E-state index is 0.631. The first-order valence-electron chi connectivity index (χ1n) is 8.59. The smallest absolute Gasteiger partial charge is 0.00550 e. The summed E-state index contributed by atoms with van der Waals surface area (Å²) < 4.78 is 0. The van der Waals surface area contributed by atoms with Gasteiger partial charge in [-0.3, -0.25) is 0 Å². The highest BCUT2D eigenvalue weighted by Crippen LogP contribution is 2.39. The second kappa shape index (κ2) is 6.12. The van der Waals surface area contributed by atoms with E-state index in [1.165, 1.54) is 33.4 Å². The lowest BCUT2D eigenvalue weighted by Crippen LogP contribution is -1.97. The first-order chi connectivity index (χ1) is 10.7. The lowest BCUT2D eigenvalue weighted by atomic mass is 9.88. The van der Waals surface area contributed by atoms with E-state index in [1.54, 1.807) is 5.57 Å². The number of benzene rings is 2. The van der Waals surface area contributed by atoms with Crippen LogP contribution in [0.3, 0.4) is 0 Å². The average Bonchev–Trinajstić information content (AvgIpc) is 2.98. The van der Waals surface area contributed by atoms with Gasteiger partial charge in [0, 0.05) is 0 Å². The molecule has 0 heteroatoms. The Balaban J connectivity index is 2.25. The highest BCUT2D eigenvalue weighted by Gasteiger charge is 2.21. The van der Waals surface area contributed by atoms with Crippen LogP contribution in [0.1, 0.15) is 49.9 Å². The van der Waals surface area contributed by atoms with E-state index in [1.807, 2.05) is 0 Å². The second-order valence-electron chi connectivity index (χ2n) is 6.59. The molecule has 2 aromatic carbocycles. The highest BCUT2D eigenvalue weighted by atomic mass is 14.3. The van der Waals surface area contributed by atoms with Crippen LogP contribution < -0.4 is 0 Å². The van der Waals surface area contributed by atoms with Crippen molar-refractivity contribution in [2.45, 2.75) is 47.0 Å². The van der Waals surface area contributed by atoms with Gasteiger partial charge in [-0.1, -0.05) is 75.7 Å². The van der Waals surface area contributed by atoms with E-state index >= 15 is 0 Å². The van der Waals surface area contributed by atoms with E-state index in [2.05, 4.69) is 70.2 Å². The lowest BCUT2D eigenvalue weighted by Gasteiger charge is -2.16. The van der Waals surface area contributed by atoms with Crippen LogP contribution in [-0.2, 0) is 19.3 Å². The maximum Gasteiger partial charge on any atom is -0.00550 e. The van der Waals surface area contributed by atoms with Gasteiger partial charge < -0.3 is 0 Å². The maximum atomic E-state index is 2.46. The summed E-state index contributed by atoms with van der Waals surface area (Å²) in [7, 11) is 0. The van der Waals surface area contributed by atoms with Gasteiger partial charge in [-0.25, -0.2) is 0 Å². The molecule has 0 fully saturated rings. The number of rotatable bonds is 4. The molecule has 0 radical (unpaired) electrons. The molecule has 0 aliphatic heterocycles. The molecule has 0 atom stereocenters. The molecule has 0 spiro atoms. The Bertz CT molecular complexity index is 717. The van der Waals surface area contributed by atoms with Gasteiger partial charge in [0.05, 0.1) is 0 Å². The molecule has 22 heavy (non-hydrogen) atoms. The number of hydrogen-bond donors (Lipinski definition) is 0. The normalized spacial score (nSPS) is 13.4. The molecule has 2 aromatic rings. The summed E-state index contributed by atoms with van der Waals surface area (Å²) in [6.07, 6.45) is 5.76. The third kappa shape index (κ3) is 2.52. The summed E-state index contributed by atoms with van der Waals surface area (Å²) in [4.78, 5) is 0. The van der Waals surface area contributed by atoms with Crippen molar-refractivity contribution in [3.8, 4) is 11.1 Å². The maximum absolute atomic E-state index is 2.46. The third-order valence-corrected chi connectivity index (χ3v) is 4.94. The monoisotopic (exact) mass is 290 g/mol. The average molecular weight is 290 g/mol. The second-order valence-corrected chi connectivity index (χ2v) is 6.59. The van der Waals surface area contributed by atoms with Crippen molar-refractivity contribution < 1.29 is 0 Å². The fourth-order valence-electron chi connectivity index (χ4n) is 3.54. The molecule has 3 rings (SSSR count). The van der Waals surface area contributed by atoms with Gasteiger partial charge in [-0.15, -0.1) is 0 Å². The molecule has 0 unspecified atom stereocenters. The van der Waals surface area contributed by atoms with E-state index in [4.69, 9.17) is 0 Å². The molecular formula is C22H26. The van der Waals surface area contributed by atoms with Gasteiger partial charge in [-0.2, -0.15) is 0 Å². The van der Waals surface area contributed by atoms with Crippen LogP contribution in [0, 0.1) is 5.92 Å². The minimum Gasteiger partial charge on any atom is -0.0626 e. The van der Waals surface area contributed by atoms with Crippen molar-refractivity contribution >= 4 is 6.08 Å². The molecule has 0 saturated carbocycles. The number of fused-ring (bicyclic) bond motifs is 1. The van der Waals surface area contributed by atoms with Gasteiger partial charge in [0.2, 0.25) is 0 Å². The van der Waals surface area contributed by atoms with E-state index in [0.717, 1.165) is 19.3 Å². The lowest BCUT2D eigenvalue weighted by molar-refractivity contribution is 0.754. The zero-order chi connectivity index (χ0) is 15.7. The highest BCUT2D eigenvalue weighted by molar-refractivity contribution is 5.84. The number of hydrogen-bond acceptors (Lipinski definition) is 0. The van der Waals surface area contributed by atoms with Crippen LogP contribution in [0.15, 0.2) is 42.0 Å². The quantitative estimate of drug-likeness (QED) is 0.640. The predicted octanol–water partition coefficient (Wildman–Crippen LogP) is 6.07. The van der Waals surface area contributed by atoms with E-state index in [9.17, 15) is 0 Å². The number of aryl methyl sites for hydroxylation is 2. The third-order valence-electron chi connectivity index (χ3n) is 4.94. The Kier molecular flexibility index (Phi) is 4.20. The molecule has 0 nitrogen and oxygen atoms in total. The van der Waals surface area contributed by atoms with Gasteiger partial charge in [0.15, 0.2) is 0 Å². The van der Waals surface area contributed by atoms with E-state index in [0.29, 0.717) is 5.92 Å². The van der Waals surface area contributed by atoms with Crippen LogP contribution in [0.25, 0.3) is 17.2 Å². The van der Waals surface area contributed by atoms with Gasteiger partial charge in [-0.05, 0) is 58.6 Å². The van der Waals surface area contributed by atoms with Crippen LogP contribution in [0.4, 0.5) is 0 Å². The van der Waals surface area contributed by atoms with Crippen LogP contribution in [0.2, 0.25) is 0 Å². The van der Waals surface area contributed by atoms with Gasteiger partial charge in [0.25, 0.3) is 0 Å². The van der Waals surface area contributed by atoms with Crippen molar-refractivity contribution in [1.82, 2.24) is 0 Å². The number of allylic oxidation sites excluding steroid dienone is 1. The fraction of sp³-hybridized carbons (Fsp3) is 0.364. The summed E-state index contributed by atoms with van der Waals surface area (Å²) in [6.45, 7) is 9.13. The predicted molar refractivity (Wildman–Crippen MR) is 97.2 cm³/mol. The van der Waals surface area contributed by atoms with Crippen molar-refractivity contribution in [2.75, 3.05) is 0 Å². The van der Waals surface area contributed by atoms with E-state index in [-0.39, 0.29) is 0 Å². The summed E-state index contributed by atoms with van der Waals surface area (Å²) in [5, 5.41) is 0. The summed E-state index contributed by atoms with van der Waals surface area (Å²) >= 11 is 0. The molecule has 114 valence electrons. The zero-order valence-electron chi connectivity index (χ0n) is 14.2. The molecular weight excluding hydrogens is 264 g/mol. The molecule has 1 aliphatic carbocycles. The largest absolute Gasteiger partial charge is 0.0626 e. The van der Waals surface area contributed by atoms with Crippen molar-refractivity contribution in [2.24, 2.45) is 5.92 Å². The molecule has 0 heterocycles. The minimum atomic E-state index is 0.631.